The van der Waals surface area contributed by atoms with Crippen molar-refractivity contribution in [1.82, 2.24) is 0 Å². The first-order valence-electron chi connectivity index (χ1n) is 5.47. The molecular formula is C15H12O3. The van der Waals surface area contributed by atoms with E-state index in [2.05, 4.69) is 0 Å². The Labute approximate surface area is 105 Å². The van der Waals surface area contributed by atoms with Crippen LogP contribution in [0.4, 0.5) is 0 Å². The molecule has 0 amide bonds. The van der Waals surface area contributed by atoms with Crippen molar-refractivity contribution < 1.29 is 15.0 Å². The Hall–Kier alpha value is -2.55. The molecule has 0 aliphatic heterocycles. The van der Waals surface area contributed by atoms with E-state index in [1.807, 2.05) is 0 Å². The van der Waals surface area contributed by atoms with Crippen LogP contribution in [-0.4, -0.2) is 16.0 Å². The summed E-state index contributed by atoms with van der Waals surface area (Å²) in [6.07, 6.45) is 0. The molecule has 18 heavy (non-hydrogen) atoms. The minimum atomic E-state index is -0.646. The smallest absolute Gasteiger partial charge is 0.231 e. The molecule has 2 rings (SSSR count). The summed E-state index contributed by atoms with van der Waals surface area (Å²) in [6, 6.07) is 16.8. The third kappa shape index (κ3) is 2.40. The van der Waals surface area contributed by atoms with Gasteiger partial charge in [0.25, 0.3) is 0 Å². The van der Waals surface area contributed by atoms with Crippen molar-refractivity contribution in [3.8, 4) is 0 Å². The molecule has 0 unspecified atom stereocenters. The van der Waals surface area contributed by atoms with Crippen LogP contribution in [0.2, 0.25) is 0 Å². The lowest BCUT2D eigenvalue weighted by molar-refractivity contribution is 0.0975. The highest BCUT2D eigenvalue weighted by Crippen LogP contribution is 2.17. The van der Waals surface area contributed by atoms with Crippen LogP contribution in [-0.2, 0) is 0 Å². The van der Waals surface area contributed by atoms with Crippen LogP contribution in [0.25, 0.3) is 5.76 Å². The number of hydrogen-bond acceptors (Lipinski definition) is 3. The predicted molar refractivity (Wildman–Crippen MR) is 69.4 cm³/mol. The second kappa shape index (κ2) is 5.19. The number of carbonyl (C=O) groups excluding carboxylic acids is 1. The van der Waals surface area contributed by atoms with E-state index in [1.165, 1.54) is 0 Å². The summed E-state index contributed by atoms with van der Waals surface area (Å²) in [5, 5.41) is 19.6. The van der Waals surface area contributed by atoms with Crippen molar-refractivity contribution in [2.75, 3.05) is 0 Å². The number of rotatable bonds is 3. The molecule has 0 atom stereocenters. The lowest BCUT2D eigenvalue weighted by Gasteiger charge is -2.04. The molecule has 0 aliphatic carbocycles. The Morgan fingerprint density at radius 2 is 1.17 bits per heavy atom. The monoisotopic (exact) mass is 240 g/mol. The third-order valence-electron chi connectivity index (χ3n) is 2.52. The van der Waals surface area contributed by atoms with E-state index in [4.69, 9.17) is 0 Å². The summed E-state index contributed by atoms with van der Waals surface area (Å²) in [4.78, 5) is 11.9. The first-order chi connectivity index (χ1) is 8.70. The van der Waals surface area contributed by atoms with E-state index in [9.17, 15) is 15.0 Å². The zero-order valence-corrected chi connectivity index (χ0v) is 9.58. The second-order valence-electron chi connectivity index (χ2n) is 3.76. The standard InChI is InChI=1S/C15H12O3/c16-13(11-7-3-1-4-8-11)15(18)14(17)12-9-5-2-6-10-12/h1-10,16,18H/b15-13-. The van der Waals surface area contributed by atoms with Gasteiger partial charge in [-0.25, -0.2) is 0 Å². The lowest BCUT2D eigenvalue weighted by atomic mass is 10.1. The van der Waals surface area contributed by atoms with Gasteiger partial charge in [-0.15, -0.1) is 0 Å². The van der Waals surface area contributed by atoms with Crippen LogP contribution >= 0.6 is 0 Å². The number of aliphatic hydroxyl groups excluding tert-OH is 2. The fourth-order valence-corrected chi connectivity index (χ4v) is 1.57. The second-order valence-corrected chi connectivity index (χ2v) is 3.76. The quantitative estimate of drug-likeness (QED) is 0.491. The topological polar surface area (TPSA) is 57.5 Å². The van der Waals surface area contributed by atoms with E-state index in [0.717, 1.165) is 0 Å². The molecule has 0 saturated heterocycles. The molecule has 90 valence electrons. The summed E-state index contributed by atoms with van der Waals surface area (Å²) < 4.78 is 0. The number of benzene rings is 2. The van der Waals surface area contributed by atoms with Crippen molar-refractivity contribution >= 4 is 11.5 Å². The van der Waals surface area contributed by atoms with Crippen LogP contribution in [0.5, 0.6) is 0 Å². The molecule has 3 nitrogen and oxygen atoms in total. The maximum absolute atomic E-state index is 11.9. The number of allylic oxidation sites excluding steroid dienone is 1. The molecule has 2 N–H and O–H groups in total. The molecule has 0 spiro atoms. The molecule has 0 aromatic heterocycles. The number of aliphatic hydroxyl groups is 2. The molecule has 0 aliphatic rings. The van der Waals surface area contributed by atoms with Crippen molar-refractivity contribution in [3.05, 3.63) is 77.5 Å². The van der Waals surface area contributed by atoms with Gasteiger partial charge in [0.05, 0.1) is 0 Å². The highest BCUT2D eigenvalue weighted by molar-refractivity contribution is 6.10. The molecule has 0 bridgehead atoms. The molecule has 0 saturated carbocycles. The highest BCUT2D eigenvalue weighted by atomic mass is 16.3. The van der Waals surface area contributed by atoms with Crippen molar-refractivity contribution in [1.29, 1.82) is 0 Å². The Kier molecular flexibility index (Phi) is 3.44. The van der Waals surface area contributed by atoms with Crippen molar-refractivity contribution in [3.63, 3.8) is 0 Å². The van der Waals surface area contributed by atoms with Gasteiger partial charge < -0.3 is 10.2 Å². The van der Waals surface area contributed by atoms with Gasteiger partial charge in [-0.2, -0.15) is 0 Å². The fraction of sp³-hybridized carbons (Fsp3) is 0. The summed E-state index contributed by atoms with van der Waals surface area (Å²) in [5.41, 5.74) is 0.733. The minimum Gasteiger partial charge on any atom is -0.504 e. The van der Waals surface area contributed by atoms with Crippen LogP contribution in [0.1, 0.15) is 15.9 Å². The van der Waals surface area contributed by atoms with Crippen molar-refractivity contribution in [2.24, 2.45) is 0 Å². The Morgan fingerprint density at radius 1 is 0.722 bits per heavy atom. The van der Waals surface area contributed by atoms with Gasteiger partial charge in [0, 0.05) is 11.1 Å². The van der Waals surface area contributed by atoms with Crippen LogP contribution in [0.15, 0.2) is 66.4 Å². The van der Waals surface area contributed by atoms with Gasteiger partial charge >= 0.3 is 0 Å². The molecule has 3 heteroatoms. The van der Waals surface area contributed by atoms with Crippen LogP contribution in [0, 0.1) is 0 Å². The average molecular weight is 240 g/mol. The lowest BCUT2D eigenvalue weighted by Crippen LogP contribution is -2.05. The first-order valence-corrected chi connectivity index (χ1v) is 5.47. The van der Waals surface area contributed by atoms with Crippen LogP contribution < -0.4 is 0 Å². The van der Waals surface area contributed by atoms with E-state index in [1.54, 1.807) is 60.7 Å². The SMILES string of the molecule is O=C(/C(O)=C(/O)c1ccccc1)c1ccccc1. The summed E-state index contributed by atoms with van der Waals surface area (Å²) in [7, 11) is 0. The largest absolute Gasteiger partial charge is 0.504 e. The number of Topliss-reactive ketones (excluding diaryl/α,β-unsaturated/α-hetero) is 1. The highest BCUT2D eigenvalue weighted by Gasteiger charge is 2.16. The van der Waals surface area contributed by atoms with Crippen molar-refractivity contribution in [2.45, 2.75) is 0 Å². The molecule has 0 radical (unpaired) electrons. The van der Waals surface area contributed by atoms with E-state index in [-0.39, 0.29) is 0 Å². The number of carbonyl (C=O) groups is 1. The average Bonchev–Trinajstić information content (AvgIpc) is 2.47. The van der Waals surface area contributed by atoms with E-state index < -0.39 is 17.3 Å². The zero-order valence-electron chi connectivity index (χ0n) is 9.58. The van der Waals surface area contributed by atoms with Gasteiger partial charge in [0.15, 0.2) is 5.76 Å². The molecule has 2 aromatic carbocycles. The summed E-state index contributed by atoms with van der Waals surface area (Å²) in [6.45, 7) is 0. The summed E-state index contributed by atoms with van der Waals surface area (Å²) in [5.74, 6) is -1.66. The molecule has 2 aromatic rings. The Morgan fingerprint density at radius 3 is 1.67 bits per heavy atom. The number of ketones is 1. The Balaban J connectivity index is 2.37. The number of hydrogen-bond donors (Lipinski definition) is 2. The summed E-state index contributed by atoms with van der Waals surface area (Å²) >= 11 is 0. The molecule has 0 heterocycles. The van der Waals surface area contributed by atoms with Crippen LogP contribution in [0.3, 0.4) is 0 Å². The zero-order chi connectivity index (χ0) is 13.0. The minimum absolute atomic E-state index is 0.331. The van der Waals surface area contributed by atoms with Gasteiger partial charge in [-0.3, -0.25) is 4.79 Å². The normalized spacial score (nSPS) is 11.8. The Bertz CT molecular complexity index is 571. The van der Waals surface area contributed by atoms with Gasteiger partial charge in [-0.1, -0.05) is 60.7 Å². The maximum atomic E-state index is 11.9. The molecular weight excluding hydrogens is 228 g/mol. The predicted octanol–water partition coefficient (Wildman–Crippen LogP) is 3.35. The molecule has 0 fully saturated rings. The third-order valence-corrected chi connectivity index (χ3v) is 2.52. The van der Waals surface area contributed by atoms with E-state index in [0.29, 0.717) is 11.1 Å². The van der Waals surface area contributed by atoms with Gasteiger partial charge in [0.1, 0.15) is 0 Å². The fourth-order valence-electron chi connectivity index (χ4n) is 1.57. The van der Waals surface area contributed by atoms with Gasteiger partial charge in [0.2, 0.25) is 11.5 Å². The van der Waals surface area contributed by atoms with E-state index >= 15 is 0 Å². The van der Waals surface area contributed by atoms with Gasteiger partial charge in [-0.05, 0) is 0 Å². The maximum Gasteiger partial charge on any atom is 0.231 e. The first kappa shape index (κ1) is 11.9.